The van der Waals surface area contributed by atoms with Gasteiger partial charge >= 0.3 is 0 Å². The minimum absolute atomic E-state index is 0.154. The van der Waals surface area contributed by atoms with Gasteiger partial charge in [-0.2, -0.15) is 5.10 Å². The maximum absolute atomic E-state index is 12.1. The van der Waals surface area contributed by atoms with Crippen molar-refractivity contribution in [2.24, 2.45) is 5.73 Å². The number of hydrogen-bond acceptors (Lipinski definition) is 3. The van der Waals surface area contributed by atoms with Gasteiger partial charge in [0.15, 0.2) is 5.69 Å². The maximum atomic E-state index is 12.1. The molecule has 1 aromatic heterocycles. The summed E-state index contributed by atoms with van der Waals surface area (Å²) in [5.41, 5.74) is 5.48. The van der Waals surface area contributed by atoms with Crippen molar-refractivity contribution in [3.05, 3.63) is 17.5 Å². The fourth-order valence-corrected chi connectivity index (χ4v) is 1.57. The molecule has 0 atom stereocenters. The molecule has 1 rings (SSSR count). The summed E-state index contributed by atoms with van der Waals surface area (Å²) >= 11 is 0. The molecule has 0 unspecified atom stereocenters. The van der Waals surface area contributed by atoms with Crippen LogP contribution in [0.3, 0.4) is 0 Å². The lowest BCUT2D eigenvalue weighted by molar-refractivity contribution is 0.0749. The van der Waals surface area contributed by atoms with Gasteiger partial charge in [0.1, 0.15) is 5.69 Å². The Bertz CT molecular complexity index is 394. The Morgan fingerprint density at radius 3 is 2.35 bits per heavy atom. The number of carbonyl (C=O) groups excluding carboxylic acids is 2. The number of hydrogen-bond donors (Lipinski definition) is 2. The van der Waals surface area contributed by atoms with E-state index in [2.05, 4.69) is 10.2 Å². The minimum atomic E-state index is -0.617. The molecule has 6 nitrogen and oxygen atoms in total. The van der Waals surface area contributed by atoms with Gasteiger partial charge in [0, 0.05) is 19.2 Å². The number of nitrogens with zero attached hydrogens (tertiary/aromatic N) is 2. The number of aromatic nitrogens is 2. The molecule has 0 aliphatic carbocycles. The highest BCUT2D eigenvalue weighted by Gasteiger charge is 2.18. The Labute approximate surface area is 100 Å². The summed E-state index contributed by atoms with van der Waals surface area (Å²) in [7, 11) is 0. The predicted octanol–water partition coefficient (Wildman–Crippen LogP) is 0.771. The number of amides is 2. The number of nitrogens with one attached hydrogen (secondary N) is 1. The lowest BCUT2D eigenvalue weighted by Gasteiger charge is -2.19. The predicted molar refractivity (Wildman–Crippen MR) is 63.6 cm³/mol. The van der Waals surface area contributed by atoms with Crippen LogP contribution in [0, 0.1) is 0 Å². The number of rotatable bonds is 6. The molecular weight excluding hydrogens is 220 g/mol. The van der Waals surface area contributed by atoms with E-state index in [1.807, 2.05) is 13.8 Å². The molecular formula is C11H18N4O2. The highest BCUT2D eigenvalue weighted by molar-refractivity contribution is 5.96. The van der Waals surface area contributed by atoms with Crippen LogP contribution in [0.2, 0.25) is 0 Å². The molecule has 1 heterocycles. The second-order valence-electron chi connectivity index (χ2n) is 3.82. The van der Waals surface area contributed by atoms with Gasteiger partial charge in [0.2, 0.25) is 0 Å². The molecule has 6 heteroatoms. The van der Waals surface area contributed by atoms with Crippen molar-refractivity contribution >= 4 is 11.8 Å². The van der Waals surface area contributed by atoms with Gasteiger partial charge < -0.3 is 10.6 Å². The Balaban J connectivity index is 2.81. The van der Waals surface area contributed by atoms with E-state index < -0.39 is 5.91 Å². The largest absolute Gasteiger partial charge is 0.364 e. The normalized spacial score (nSPS) is 10.2. The van der Waals surface area contributed by atoms with Gasteiger partial charge in [-0.05, 0) is 12.8 Å². The van der Waals surface area contributed by atoms with E-state index in [9.17, 15) is 9.59 Å². The van der Waals surface area contributed by atoms with Gasteiger partial charge in [0.05, 0.1) is 0 Å². The summed E-state index contributed by atoms with van der Waals surface area (Å²) in [5, 5.41) is 6.26. The van der Waals surface area contributed by atoms with Gasteiger partial charge in [-0.15, -0.1) is 0 Å². The Hall–Kier alpha value is -1.85. The first-order valence-electron chi connectivity index (χ1n) is 5.74. The fourth-order valence-electron chi connectivity index (χ4n) is 1.57. The van der Waals surface area contributed by atoms with Gasteiger partial charge in [0.25, 0.3) is 11.8 Å². The van der Waals surface area contributed by atoms with Crippen molar-refractivity contribution in [1.82, 2.24) is 15.1 Å². The van der Waals surface area contributed by atoms with E-state index >= 15 is 0 Å². The average Bonchev–Trinajstić information content (AvgIpc) is 2.77. The second-order valence-corrected chi connectivity index (χ2v) is 3.82. The number of aromatic amines is 1. The van der Waals surface area contributed by atoms with Crippen molar-refractivity contribution in [3.63, 3.8) is 0 Å². The maximum Gasteiger partial charge on any atom is 0.274 e. The van der Waals surface area contributed by atoms with Crippen LogP contribution in [0.25, 0.3) is 0 Å². The van der Waals surface area contributed by atoms with Crippen LogP contribution in [0.5, 0.6) is 0 Å². The zero-order chi connectivity index (χ0) is 12.8. The third-order valence-corrected chi connectivity index (χ3v) is 2.34. The quantitative estimate of drug-likeness (QED) is 0.766. The molecule has 0 aliphatic heterocycles. The van der Waals surface area contributed by atoms with Crippen LogP contribution in [-0.4, -0.2) is 40.0 Å². The monoisotopic (exact) mass is 238 g/mol. The van der Waals surface area contributed by atoms with E-state index in [1.54, 1.807) is 4.90 Å². The van der Waals surface area contributed by atoms with Crippen molar-refractivity contribution < 1.29 is 9.59 Å². The van der Waals surface area contributed by atoms with Crippen LogP contribution >= 0.6 is 0 Å². The molecule has 0 spiro atoms. The van der Waals surface area contributed by atoms with E-state index in [0.29, 0.717) is 13.1 Å². The minimum Gasteiger partial charge on any atom is -0.364 e. The Morgan fingerprint density at radius 2 is 1.94 bits per heavy atom. The lowest BCUT2D eigenvalue weighted by Crippen LogP contribution is -2.32. The molecule has 0 aromatic carbocycles. The second kappa shape index (κ2) is 6.03. The van der Waals surface area contributed by atoms with Crippen molar-refractivity contribution in [1.29, 1.82) is 0 Å². The first kappa shape index (κ1) is 13.2. The van der Waals surface area contributed by atoms with E-state index in [4.69, 9.17) is 5.73 Å². The molecule has 94 valence electrons. The molecule has 0 saturated heterocycles. The molecule has 0 aliphatic rings. The van der Waals surface area contributed by atoms with Crippen molar-refractivity contribution in [2.45, 2.75) is 26.7 Å². The zero-order valence-corrected chi connectivity index (χ0v) is 10.2. The molecule has 0 radical (unpaired) electrons. The van der Waals surface area contributed by atoms with Gasteiger partial charge in [-0.25, -0.2) is 0 Å². The standard InChI is InChI=1S/C11H18N4O2/c1-3-5-15(6-4-2)11(17)9-7-8(10(12)16)13-14-9/h7H,3-6H2,1-2H3,(H2,12,16)(H,13,14). The first-order valence-corrected chi connectivity index (χ1v) is 5.74. The number of carbonyl (C=O) groups is 2. The van der Waals surface area contributed by atoms with E-state index in [1.165, 1.54) is 6.07 Å². The number of H-pyrrole nitrogens is 1. The Morgan fingerprint density at radius 1 is 1.35 bits per heavy atom. The molecule has 3 N–H and O–H groups in total. The van der Waals surface area contributed by atoms with E-state index in [-0.39, 0.29) is 17.3 Å². The summed E-state index contributed by atoms with van der Waals surface area (Å²) in [4.78, 5) is 24.7. The van der Waals surface area contributed by atoms with Crippen molar-refractivity contribution in [2.75, 3.05) is 13.1 Å². The summed E-state index contributed by atoms with van der Waals surface area (Å²) in [6.45, 7) is 5.39. The molecule has 1 aromatic rings. The first-order chi connectivity index (χ1) is 8.10. The molecule has 0 saturated carbocycles. The summed E-state index contributed by atoms with van der Waals surface area (Å²) < 4.78 is 0. The van der Waals surface area contributed by atoms with Crippen LogP contribution in [0.15, 0.2) is 6.07 Å². The SMILES string of the molecule is CCCN(CCC)C(=O)c1cc(C(N)=O)[nH]n1. The van der Waals surface area contributed by atoms with Crippen molar-refractivity contribution in [3.8, 4) is 0 Å². The van der Waals surface area contributed by atoms with Crippen LogP contribution in [-0.2, 0) is 0 Å². The van der Waals surface area contributed by atoms with Gasteiger partial charge in [-0.3, -0.25) is 14.7 Å². The van der Waals surface area contributed by atoms with Crippen LogP contribution in [0.4, 0.5) is 0 Å². The molecule has 0 fully saturated rings. The highest BCUT2D eigenvalue weighted by atomic mass is 16.2. The highest BCUT2D eigenvalue weighted by Crippen LogP contribution is 2.05. The molecule has 2 amide bonds. The zero-order valence-electron chi connectivity index (χ0n) is 10.2. The fraction of sp³-hybridized carbons (Fsp3) is 0.545. The molecule has 0 bridgehead atoms. The summed E-state index contributed by atoms with van der Waals surface area (Å²) in [6, 6.07) is 1.39. The van der Waals surface area contributed by atoms with E-state index in [0.717, 1.165) is 12.8 Å². The molecule has 17 heavy (non-hydrogen) atoms. The third kappa shape index (κ3) is 3.30. The average molecular weight is 238 g/mol. The Kier molecular flexibility index (Phi) is 4.68. The third-order valence-electron chi connectivity index (χ3n) is 2.34. The summed E-state index contributed by atoms with van der Waals surface area (Å²) in [5.74, 6) is -0.786. The van der Waals surface area contributed by atoms with Crippen LogP contribution in [0.1, 0.15) is 47.7 Å². The number of primary amides is 1. The number of nitrogens with two attached hydrogens (primary N) is 1. The van der Waals surface area contributed by atoms with Gasteiger partial charge in [-0.1, -0.05) is 13.8 Å². The smallest absolute Gasteiger partial charge is 0.274 e. The summed E-state index contributed by atoms with van der Waals surface area (Å²) in [6.07, 6.45) is 1.78. The topological polar surface area (TPSA) is 92.1 Å². The van der Waals surface area contributed by atoms with Crippen LogP contribution < -0.4 is 5.73 Å². The lowest BCUT2D eigenvalue weighted by atomic mass is 10.3.